The van der Waals surface area contributed by atoms with Crippen LogP contribution in [0.25, 0.3) is 0 Å². The van der Waals surface area contributed by atoms with E-state index >= 15 is 0 Å². The molecular weight excluding hydrogens is 282 g/mol. The second-order valence-corrected chi connectivity index (χ2v) is 7.40. The molecule has 1 aliphatic rings. The number of anilines is 1. The lowest BCUT2D eigenvalue weighted by molar-refractivity contribution is -0.126. The minimum absolute atomic E-state index is 0.105. The topological polar surface area (TPSA) is 29.1 Å². The number of amides is 1. The monoisotopic (exact) mass is 307 g/mol. The highest BCUT2D eigenvalue weighted by Crippen LogP contribution is 2.44. The Labute approximate surface area is 133 Å². The molecule has 0 aliphatic heterocycles. The molecule has 1 unspecified atom stereocenters. The number of hydrogen-bond donors (Lipinski definition) is 1. The molecule has 0 spiro atoms. The Bertz CT molecular complexity index is 490. The molecule has 1 aliphatic carbocycles. The number of halogens is 1. The Morgan fingerprint density at radius 3 is 2.43 bits per heavy atom. The SMILES string of the molecule is CC(C)CC1(C(=O)Nc2ccccc2C(C)Cl)CCCC1. The summed E-state index contributed by atoms with van der Waals surface area (Å²) in [5, 5.41) is 3.05. The van der Waals surface area contributed by atoms with Crippen LogP contribution in [0.3, 0.4) is 0 Å². The minimum Gasteiger partial charge on any atom is -0.325 e. The van der Waals surface area contributed by atoms with Gasteiger partial charge < -0.3 is 5.32 Å². The molecule has 0 bridgehead atoms. The third-order valence-corrected chi connectivity index (χ3v) is 4.71. The van der Waals surface area contributed by atoms with Crippen molar-refractivity contribution in [3.63, 3.8) is 0 Å². The van der Waals surface area contributed by atoms with Crippen molar-refractivity contribution in [3.8, 4) is 0 Å². The van der Waals surface area contributed by atoms with E-state index in [0.29, 0.717) is 5.92 Å². The van der Waals surface area contributed by atoms with Crippen molar-refractivity contribution in [1.82, 2.24) is 0 Å². The summed E-state index contributed by atoms with van der Waals surface area (Å²) in [6.45, 7) is 6.33. The summed E-state index contributed by atoms with van der Waals surface area (Å²) in [6.07, 6.45) is 5.31. The Kier molecular flexibility index (Phi) is 5.32. The molecule has 3 heteroatoms. The van der Waals surface area contributed by atoms with Gasteiger partial charge in [-0.1, -0.05) is 44.9 Å². The minimum atomic E-state index is -0.184. The van der Waals surface area contributed by atoms with Gasteiger partial charge in [-0.3, -0.25) is 4.79 Å². The predicted molar refractivity (Wildman–Crippen MR) is 89.7 cm³/mol. The van der Waals surface area contributed by atoms with Crippen LogP contribution in [0.1, 0.15) is 63.8 Å². The average Bonchev–Trinajstić information content (AvgIpc) is 2.88. The van der Waals surface area contributed by atoms with Crippen LogP contribution in [-0.4, -0.2) is 5.91 Å². The highest BCUT2D eigenvalue weighted by Gasteiger charge is 2.41. The number of benzene rings is 1. The summed E-state index contributed by atoms with van der Waals surface area (Å²) in [7, 11) is 0. The van der Waals surface area contributed by atoms with Gasteiger partial charge in [0.1, 0.15) is 0 Å². The van der Waals surface area contributed by atoms with Crippen LogP contribution < -0.4 is 5.32 Å². The van der Waals surface area contributed by atoms with Crippen LogP contribution in [0.2, 0.25) is 0 Å². The molecule has 2 nitrogen and oxygen atoms in total. The van der Waals surface area contributed by atoms with Gasteiger partial charge in [0.25, 0.3) is 0 Å². The Balaban J connectivity index is 2.20. The van der Waals surface area contributed by atoms with E-state index in [-0.39, 0.29) is 16.7 Å². The van der Waals surface area contributed by atoms with Crippen LogP contribution >= 0.6 is 11.6 Å². The summed E-state index contributed by atoms with van der Waals surface area (Å²) >= 11 is 6.22. The smallest absolute Gasteiger partial charge is 0.230 e. The van der Waals surface area contributed by atoms with Crippen LogP contribution in [-0.2, 0) is 4.79 Å². The van der Waals surface area contributed by atoms with E-state index in [2.05, 4.69) is 19.2 Å². The first-order valence-corrected chi connectivity index (χ1v) is 8.43. The van der Waals surface area contributed by atoms with Gasteiger partial charge in [0.05, 0.1) is 5.38 Å². The van der Waals surface area contributed by atoms with Gasteiger partial charge in [0, 0.05) is 11.1 Å². The van der Waals surface area contributed by atoms with Gasteiger partial charge in [-0.05, 0) is 43.7 Å². The summed E-state index contributed by atoms with van der Waals surface area (Å²) in [5.74, 6) is 0.717. The number of nitrogens with one attached hydrogen (secondary N) is 1. The van der Waals surface area contributed by atoms with Crippen LogP contribution in [0.15, 0.2) is 24.3 Å². The van der Waals surface area contributed by atoms with Gasteiger partial charge in [0.15, 0.2) is 0 Å². The molecule has 0 aromatic heterocycles. The number of alkyl halides is 1. The molecule has 0 radical (unpaired) electrons. The molecule has 0 saturated heterocycles. The molecule has 1 atom stereocenters. The largest absolute Gasteiger partial charge is 0.325 e. The molecule has 1 N–H and O–H groups in total. The zero-order chi connectivity index (χ0) is 15.5. The molecule has 1 aromatic rings. The summed E-state index contributed by atoms with van der Waals surface area (Å²) in [4.78, 5) is 12.9. The van der Waals surface area contributed by atoms with Crippen molar-refractivity contribution in [3.05, 3.63) is 29.8 Å². The van der Waals surface area contributed by atoms with E-state index in [9.17, 15) is 4.79 Å². The van der Waals surface area contributed by atoms with Crippen molar-refractivity contribution in [2.75, 3.05) is 5.32 Å². The number of carbonyl (C=O) groups excluding carboxylic acids is 1. The highest BCUT2D eigenvalue weighted by atomic mass is 35.5. The average molecular weight is 308 g/mol. The first-order chi connectivity index (χ1) is 9.94. The molecular formula is C18H26ClNO. The van der Waals surface area contributed by atoms with Crippen LogP contribution in [0, 0.1) is 11.3 Å². The molecule has 21 heavy (non-hydrogen) atoms. The van der Waals surface area contributed by atoms with E-state index in [4.69, 9.17) is 11.6 Å². The number of hydrogen-bond acceptors (Lipinski definition) is 1. The molecule has 1 saturated carbocycles. The van der Waals surface area contributed by atoms with E-state index in [0.717, 1.165) is 43.4 Å². The normalized spacial score (nSPS) is 18.7. The molecule has 1 aromatic carbocycles. The van der Waals surface area contributed by atoms with Gasteiger partial charge in [0.2, 0.25) is 5.91 Å². The highest BCUT2D eigenvalue weighted by molar-refractivity contribution is 6.21. The lowest BCUT2D eigenvalue weighted by Crippen LogP contribution is -2.35. The molecule has 1 fully saturated rings. The second kappa shape index (κ2) is 6.83. The lowest BCUT2D eigenvalue weighted by Gasteiger charge is -2.30. The maximum absolute atomic E-state index is 12.9. The van der Waals surface area contributed by atoms with Gasteiger partial charge in [-0.15, -0.1) is 11.6 Å². The zero-order valence-corrected chi connectivity index (χ0v) is 14.0. The Hall–Kier alpha value is -1.02. The van der Waals surface area contributed by atoms with Crippen LogP contribution in [0.4, 0.5) is 5.69 Å². The number of para-hydroxylation sites is 1. The van der Waals surface area contributed by atoms with E-state index in [1.165, 1.54) is 0 Å². The number of carbonyl (C=O) groups is 1. The number of rotatable bonds is 5. The third-order valence-electron chi connectivity index (χ3n) is 4.48. The molecule has 116 valence electrons. The summed E-state index contributed by atoms with van der Waals surface area (Å²) < 4.78 is 0. The summed E-state index contributed by atoms with van der Waals surface area (Å²) in [5.41, 5.74) is 1.67. The van der Waals surface area contributed by atoms with Gasteiger partial charge in [-0.25, -0.2) is 0 Å². The Morgan fingerprint density at radius 2 is 1.86 bits per heavy atom. The van der Waals surface area contributed by atoms with Gasteiger partial charge >= 0.3 is 0 Å². The fourth-order valence-corrected chi connectivity index (χ4v) is 3.76. The first-order valence-electron chi connectivity index (χ1n) is 7.99. The van der Waals surface area contributed by atoms with Crippen molar-refractivity contribution in [2.24, 2.45) is 11.3 Å². The molecule has 0 heterocycles. The maximum Gasteiger partial charge on any atom is 0.230 e. The van der Waals surface area contributed by atoms with Crippen molar-refractivity contribution >= 4 is 23.2 Å². The van der Waals surface area contributed by atoms with Crippen molar-refractivity contribution < 1.29 is 4.79 Å². The predicted octanol–water partition coefficient (Wildman–Crippen LogP) is 5.53. The van der Waals surface area contributed by atoms with E-state index < -0.39 is 0 Å². The standard InChI is InChI=1S/C18H26ClNO/c1-13(2)12-18(10-6-7-11-18)17(21)20-16-9-5-4-8-15(16)14(3)19/h4-5,8-9,13-14H,6-7,10-12H2,1-3H3,(H,20,21). The second-order valence-electron chi connectivity index (χ2n) is 6.74. The fourth-order valence-electron chi connectivity index (χ4n) is 3.57. The summed E-state index contributed by atoms with van der Waals surface area (Å²) in [6, 6.07) is 7.84. The van der Waals surface area contributed by atoms with Gasteiger partial charge in [-0.2, -0.15) is 0 Å². The van der Waals surface area contributed by atoms with E-state index in [1.807, 2.05) is 31.2 Å². The van der Waals surface area contributed by atoms with Crippen molar-refractivity contribution in [1.29, 1.82) is 0 Å². The van der Waals surface area contributed by atoms with E-state index in [1.54, 1.807) is 0 Å². The van der Waals surface area contributed by atoms with Crippen LogP contribution in [0.5, 0.6) is 0 Å². The van der Waals surface area contributed by atoms with Crippen molar-refractivity contribution in [2.45, 2.75) is 58.3 Å². The fraction of sp³-hybridized carbons (Fsp3) is 0.611. The third kappa shape index (κ3) is 3.79. The molecule has 1 amide bonds. The Morgan fingerprint density at radius 1 is 1.24 bits per heavy atom. The zero-order valence-electron chi connectivity index (χ0n) is 13.3. The first kappa shape index (κ1) is 16.4. The quantitative estimate of drug-likeness (QED) is 0.712. The lowest BCUT2D eigenvalue weighted by atomic mass is 9.77. The molecule has 2 rings (SSSR count). The maximum atomic E-state index is 12.9.